The van der Waals surface area contributed by atoms with Gasteiger partial charge in [-0.1, -0.05) is 0 Å². The first-order chi connectivity index (χ1) is 7.27. The van der Waals surface area contributed by atoms with E-state index in [1.807, 2.05) is 13.0 Å². The third-order valence-corrected chi connectivity index (χ3v) is 3.12. The number of aliphatic hydroxyl groups excluding tert-OH is 1. The molecule has 4 heteroatoms. The lowest BCUT2D eigenvalue weighted by molar-refractivity contribution is 0.178. The van der Waals surface area contributed by atoms with E-state index in [4.69, 9.17) is 0 Å². The van der Waals surface area contributed by atoms with Gasteiger partial charge in [0.15, 0.2) is 0 Å². The first-order valence-electron chi connectivity index (χ1n) is 4.73. The number of aliphatic hydroxyl groups is 1. The fraction of sp³-hybridized carbons (Fsp3) is 0.273. The zero-order valence-electron chi connectivity index (χ0n) is 8.42. The summed E-state index contributed by atoms with van der Waals surface area (Å²) >= 11 is 1.56. The molecule has 1 atom stereocenters. The summed E-state index contributed by atoms with van der Waals surface area (Å²) in [6.07, 6.45) is 5.37. The monoisotopic (exact) mass is 220 g/mol. The summed E-state index contributed by atoms with van der Waals surface area (Å²) in [5, 5.41) is 10.0. The molecule has 0 spiro atoms. The Morgan fingerprint density at radius 3 is 2.93 bits per heavy atom. The van der Waals surface area contributed by atoms with Crippen LogP contribution < -0.4 is 0 Å². The summed E-state index contributed by atoms with van der Waals surface area (Å²) < 4.78 is 0. The highest BCUT2D eigenvalue weighted by Crippen LogP contribution is 2.21. The van der Waals surface area contributed by atoms with E-state index in [0.29, 0.717) is 6.42 Å². The van der Waals surface area contributed by atoms with Crippen LogP contribution in [0.4, 0.5) is 0 Å². The molecule has 15 heavy (non-hydrogen) atoms. The topological polar surface area (TPSA) is 46.0 Å². The molecular weight excluding hydrogens is 208 g/mol. The maximum absolute atomic E-state index is 10.0. The second-order valence-electron chi connectivity index (χ2n) is 3.42. The van der Waals surface area contributed by atoms with Crippen molar-refractivity contribution in [3.63, 3.8) is 0 Å². The Bertz CT molecular complexity index is 428. The lowest BCUT2D eigenvalue weighted by Gasteiger charge is -2.11. The average Bonchev–Trinajstić information content (AvgIpc) is 2.71. The van der Waals surface area contributed by atoms with Crippen molar-refractivity contribution >= 4 is 11.3 Å². The van der Waals surface area contributed by atoms with Crippen molar-refractivity contribution in [3.8, 4) is 0 Å². The summed E-state index contributed by atoms with van der Waals surface area (Å²) in [4.78, 5) is 9.10. The zero-order chi connectivity index (χ0) is 10.7. The van der Waals surface area contributed by atoms with E-state index < -0.39 is 6.10 Å². The van der Waals surface area contributed by atoms with E-state index >= 15 is 0 Å². The first kappa shape index (κ1) is 10.3. The second-order valence-corrected chi connectivity index (χ2v) is 4.39. The second kappa shape index (κ2) is 4.51. The molecular formula is C11H12N2OS. The number of thiazole rings is 1. The van der Waals surface area contributed by atoms with Crippen LogP contribution in [-0.4, -0.2) is 15.1 Å². The molecule has 1 N–H and O–H groups in total. The highest BCUT2D eigenvalue weighted by molar-refractivity contribution is 7.09. The van der Waals surface area contributed by atoms with Crippen molar-refractivity contribution in [2.45, 2.75) is 19.4 Å². The Hall–Kier alpha value is -1.26. The molecule has 0 fully saturated rings. The van der Waals surface area contributed by atoms with Crippen LogP contribution in [-0.2, 0) is 6.42 Å². The van der Waals surface area contributed by atoms with Crippen molar-refractivity contribution in [1.29, 1.82) is 0 Å². The minimum absolute atomic E-state index is 0.487. The number of aryl methyl sites for hydroxylation is 1. The summed E-state index contributed by atoms with van der Waals surface area (Å²) in [5.41, 5.74) is 3.74. The van der Waals surface area contributed by atoms with Crippen LogP contribution in [0.5, 0.6) is 0 Å². The minimum atomic E-state index is -0.487. The molecule has 0 aliphatic rings. The Labute approximate surface area is 92.5 Å². The van der Waals surface area contributed by atoms with Gasteiger partial charge < -0.3 is 5.11 Å². The summed E-state index contributed by atoms with van der Waals surface area (Å²) in [6.45, 7) is 1.98. The van der Waals surface area contributed by atoms with Crippen LogP contribution in [0.3, 0.4) is 0 Å². The SMILES string of the molecule is Cc1ccncc1C(O)Cc1cncs1. The fourth-order valence-corrected chi connectivity index (χ4v) is 2.10. The average molecular weight is 220 g/mol. The third-order valence-electron chi connectivity index (χ3n) is 2.32. The van der Waals surface area contributed by atoms with Gasteiger partial charge in [-0.15, -0.1) is 11.3 Å². The van der Waals surface area contributed by atoms with Crippen LogP contribution >= 0.6 is 11.3 Å². The normalized spacial score (nSPS) is 12.7. The van der Waals surface area contributed by atoms with Crippen LogP contribution in [0.2, 0.25) is 0 Å². The molecule has 2 aromatic heterocycles. The quantitative estimate of drug-likeness (QED) is 0.861. The first-order valence-corrected chi connectivity index (χ1v) is 5.61. The molecule has 0 amide bonds. The number of pyridine rings is 1. The van der Waals surface area contributed by atoms with Gasteiger partial charge in [0.1, 0.15) is 0 Å². The van der Waals surface area contributed by atoms with Crippen molar-refractivity contribution in [2.24, 2.45) is 0 Å². The Morgan fingerprint density at radius 2 is 2.27 bits per heavy atom. The molecule has 0 aliphatic heterocycles. The predicted octanol–water partition coefficient (Wildman–Crippen LogP) is 2.12. The van der Waals surface area contributed by atoms with Crippen molar-refractivity contribution in [2.75, 3.05) is 0 Å². The van der Waals surface area contributed by atoms with E-state index in [0.717, 1.165) is 16.0 Å². The van der Waals surface area contributed by atoms with E-state index in [1.54, 1.807) is 35.4 Å². The molecule has 2 aromatic rings. The smallest absolute Gasteiger partial charge is 0.0856 e. The van der Waals surface area contributed by atoms with E-state index in [-0.39, 0.29) is 0 Å². The summed E-state index contributed by atoms with van der Waals surface area (Å²) in [7, 11) is 0. The van der Waals surface area contributed by atoms with Gasteiger partial charge in [0.05, 0.1) is 11.6 Å². The zero-order valence-corrected chi connectivity index (χ0v) is 9.24. The number of rotatable bonds is 3. The molecule has 0 radical (unpaired) electrons. The van der Waals surface area contributed by atoms with E-state index in [2.05, 4.69) is 9.97 Å². The Morgan fingerprint density at radius 1 is 1.40 bits per heavy atom. The standard InChI is InChI=1S/C11H12N2OS/c1-8-2-3-12-6-10(8)11(14)4-9-5-13-7-15-9/h2-3,5-7,11,14H,4H2,1H3. The highest BCUT2D eigenvalue weighted by Gasteiger charge is 2.11. The third kappa shape index (κ3) is 2.40. The summed E-state index contributed by atoms with van der Waals surface area (Å²) in [5.74, 6) is 0. The molecule has 2 heterocycles. The highest BCUT2D eigenvalue weighted by atomic mass is 32.1. The molecule has 3 nitrogen and oxygen atoms in total. The van der Waals surface area contributed by atoms with Gasteiger partial charge in [-0.05, 0) is 18.6 Å². The van der Waals surface area contributed by atoms with Crippen LogP contribution in [0.1, 0.15) is 22.1 Å². The maximum atomic E-state index is 10.0. The Kier molecular flexibility index (Phi) is 3.08. The molecule has 1 unspecified atom stereocenters. The fourth-order valence-electron chi connectivity index (χ4n) is 1.47. The van der Waals surface area contributed by atoms with Gasteiger partial charge in [0.25, 0.3) is 0 Å². The van der Waals surface area contributed by atoms with Gasteiger partial charge in [-0.3, -0.25) is 9.97 Å². The van der Waals surface area contributed by atoms with Crippen molar-refractivity contribution < 1.29 is 5.11 Å². The van der Waals surface area contributed by atoms with Crippen molar-refractivity contribution in [1.82, 2.24) is 9.97 Å². The van der Waals surface area contributed by atoms with Crippen LogP contribution in [0, 0.1) is 6.92 Å². The molecule has 0 saturated carbocycles. The van der Waals surface area contributed by atoms with Gasteiger partial charge in [0.2, 0.25) is 0 Å². The van der Waals surface area contributed by atoms with Gasteiger partial charge >= 0.3 is 0 Å². The number of hydrogen-bond acceptors (Lipinski definition) is 4. The van der Waals surface area contributed by atoms with E-state index in [1.165, 1.54) is 0 Å². The number of hydrogen-bond donors (Lipinski definition) is 1. The molecule has 0 aromatic carbocycles. The largest absolute Gasteiger partial charge is 0.388 e. The lowest BCUT2D eigenvalue weighted by atomic mass is 10.0. The molecule has 2 rings (SSSR count). The minimum Gasteiger partial charge on any atom is -0.388 e. The number of nitrogens with zero attached hydrogens (tertiary/aromatic N) is 2. The lowest BCUT2D eigenvalue weighted by Crippen LogP contribution is -2.03. The van der Waals surface area contributed by atoms with Gasteiger partial charge in [-0.25, -0.2) is 0 Å². The maximum Gasteiger partial charge on any atom is 0.0856 e. The molecule has 0 bridgehead atoms. The number of aromatic nitrogens is 2. The van der Waals surface area contributed by atoms with Gasteiger partial charge in [0, 0.05) is 35.5 Å². The summed E-state index contributed by atoms with van der Waals surface area (Å²) in [6, 6.07) is 1.91. The van der Waals surface area contributed by atoms with Crippen LogP contribution in [0.15, 0.2) is 30.2 Å². The van der Waals surface area contributed by atoms with Crippen molar-refractivity contribution in [3.05, 3.63) is 46.2 Å². The molecule has 0 aliphatic carbocycles. The molecule has 78 valence electrons. The van der Waals surface area contributed by atoms with E-state index in [9.17, 15) is 5.11 Å². The van der Waals surface area contributed by atoms with Gasteiger partial charge in [-0.2, -0.15) is 0 Å². The molecule has 0 saturated heterocycles. The Balaban J connectivity index is 2.15. The van der Waals surface area contributed by atoms with Crippen LogP contribution in [0.25, 0.3) is 0 Å². The predicted molar refractivity (Wildman–Crippen MR) is 59.8 cm³/mol.